The molecule has 0 amide bonds. The molecule has 4 heteroatoms. The first kappa shape index (κ1) is 21.6. The molecule has 168 valence electrons. The van der Waals surface area contributed by atoms with Gasteiger partial charge in [-0.3, -0.25) is 4.98 Å². The summed E-state index contributed by atoms with van der Waals surface area (Å²) < 4.78 is 6.41. The summed E-state index contributed by atoms with van der Waals surface area (Å²) in [5.41, 5.74) is 9.00. The lowest BCUT2D eigenvalue weighted by Crippen LogP contribution is -2.13. The van der Waals surface area contributed by atoms with Crippen molar-refractivity contribution >= 4 is 33.0 Å². The van der Waals surface area contributed by atoms with Crippen molar-refractivity contribution in [3.05, 3.63) is 65.6 Å². The van der Waals surface area contributed by atoms with E-state index in [9.17, 15) is 0 Å². The zero-order chi connectivity index (χ0) is 23.5. The Morgan fingerprint density at radius 3 is 2.36 bits per heavy atom. The monoisotopic (exact) mass is 437 g/mol. The van der Waals surface area contributed by atoms with Crippen LogP contribution in [0.1, 0.15) is 58.4 Å². The lowest BCUT2D eigenvalue weighted by atomic mass is 9.84. The predicted octanol–water partition coefficient (Wildman–Crippen LogP) is 7.79. The first-order valence-corrected chi connectivity index (χ1v) is 11.6. The van der Waals surface area contributed by atoms with E-state index in [4.69, 9.17) is 9.40 Å². The molecule has 2 aromatic carbocycles. The van der Waals surface area contributed by atoms with E-state index < -0.39 is 0 Å². The molecule has 0 fully saturated rings. The summed E-state index contributed by atoms with van der Waals surface area (Å²) in [6.45, 7) is 15.5. The van der Waals surface area contributed by atoms with Gasteiger partial charge in [-0.25, -0.2) is 9.97 Å². The molecule has 5 rings (SSSR count). The lowest BCUT2D eigenvalue weighted by Gasteiger charge is -2.22. The third-order valence-electron chi connectivity index (χ3n) is 6.06. The number of nitrogens with zero attached hydrogens (tertiary/aromatic N) is 3. The number of fused-ring (bicyclic) bond motifs is 4. The second-order valence-electron chi connectivity index (χ2n) is 11.4. The molecule has 5 aromatic rings. The van der Waals surface area contributed by atoms with Gasteiger partial charge >= 0.3 is 0 Å². The summed E-state index contributed by atoms with van der Waals surface area (Å²) in [6, 6.07) is 15.1. The Morgan fingerprint density at radius 1 is 0.848 bits per heavy atom. The highest BCUT2D eigenvalue weighted by Crippen LogP contribution is 2.38. The summed E-state index contributed by atoms with van der Waals surface area (Å²) >= 11 is 0. The van der Waals surface area contributed by atoms with Gasteiger partial charge in [0.1, 0.15) is 23.1 Å². The number of hydrogen-bond acceptors (Lipinski definition) is 4. The third kappa shape index (κ3) is 3.99. The van der Waals surface area contributed by atoms with Gasteiger partial charge in [-0.05, 0) is 65.6 Å². The molecule has 0 radical (unpaired) electrons. The Balaban J connectivity index is 1.74. The molecule has 4 nitrogen and oxygen atoms in total. The minimum absolute atomic E-state index is 0.0586. The summed E-state index contributed by atoms with van der Waals surface area (Å²) in [5.74, 6) is 0. The Bertz CT molecular complexity index is 1510. The SMILES string of the molecule is Cc1ccc2cc(-c3ncnc4c3oc3cc(CC(C)(C)C)ccc34)cc(C(C)(C)C)c2n1. The van der Waals surface area contributed by atoms with Gasteiger partial charge in [0.15, 0.2) is 5.58 Å². The van der Waals surface area contributed by atoms with Crippen LogP contribution in [0.5, 0.6) is 0 Å². The highest BCUT2D eigenvalue weighted by molar-refractivity contribution is 6.07. The van der Waals surface area contributed by atoms with Crippen molar-refractivity contribution in [1.29, 1.82) is 0 Å². The van der Waals surface area contributed by atoms with Crippen molar-refractivity contribution in [1.82, 2.24) is 15.0 Å². The number of furan rings is 1. The number of aryl methyl sites for hydroxylation is 1. The van der Waals surface area contributed by atoms with E-state index in [0.717, 1.165) is 56.3 Å². The minimum Gasteiger partial charge on any atom is -0.452 e. The van der Waals surface area contributed by atoms with Crippen LogP contribution in [-0.4, -0.2) is 15.0 Å². The van der Waals surface area contributed by atoms with Gasteiger partial charge in [-0.1, -0.05) is 53.7 Å². The van der Waals surface area contributed by atoms with Gasteiger partial charge in [0.2, 0.25) is 0 Å². The van der Waals surface area contributed by atoms with Crippen LogP contribution in [0.3, 0.4) is 0 Å². The Hall–Kier alpha value is -3.27. The molecule has 33 heavy (non-hydrogen) atoms. The summed E-state index contributed by atoms with van der Waals surface area (Å²) in [6.07, 6.45) is 2.63. The van der Waals surface area contributed by atoms with E-state index in [0.29, 0.717) is 0 Å². The minimum atomic E-state index is -0.0586. The average Bonchev–Trinajstić information content (AvgIpc) is 3.08. The van der Waals surface area contributed by atoms with Gasteiger partial charge in [0, 0.05) is 22.0 Å². The molecule has 0 saturated heterocycles. The van der Waals surface area contributed by atoms with Gasteiger partial charge in [-0.2, -0.15) is 0 Å². The average molecular weight is 438 g/mol. The van der Waals surface area contributed by atoms with E-state index >= 15 is 0 Å². The maximum absolute atomic E-state index is 6.41. The van der Waals surface area contributed by atoms with Gasteiger partial charge in [0.05, 0.1) is 5.52 Å². The van der Waals surface area contributed by atoms with E-state index in [1.807, 2.05) is 6.92 Å². The number of benzene rings is 2. The molecule has 0 aliphatic heterocycles. The molecular formula is C29H31N3O. The Kier molecular flexibility index (Phi) is 4.82. The maximum atomic E-state index is 6.41. The highest BCUT2D eigenvalue weighted by atomic mass is 16.3. The fourth-order valence-electron chi connectivity index (χ4n) is 4.59. The van der Waals surface area contributed by atoms with Crippen molar-refractivity contribution in [2.75, 3.05) is 0 Å². The molecular weight excluding hydrogens is 406 g/mol. The summed E-state index contributed by atoms with van der Waals surface area (Å²) in [7, 11) is 0. The van der Waals surface area contributed by atoms with Crippen molar-refractivity contribution in [2.24, 2.45) is 5.41 Å². The fourth-order valence-corrected chi connectivity index (χ4v) is 4.59. The van der Waals surface area contributed by atoms with Crippen LogP contribution < -0.4 is 0 Å². The van der Waals surface area contributed by atoms with Crippen LogP contribution in [-0.2, 0) is 11.8 Å². The van der Waals surface area contributed by atoms with Crippen molar-refractivity contribution in [3.8, 4) is 11.3 Å². The molecule has 0 aliphatic rings. The lowest BCUT2D eigenvalue weighted by molar-refractivity contribution is 0.411. The van der Waals surface area contributed by atoms with Crippen LogP contribution in [0.15, 0.2) is 53.2 Å². The van der Waals surface area contributed by atoms with E-state index in [2.05, 4.69) is 94.0 Å². The fraction of sp³-hybridized carbons (Fsp3) is 0.345. The second-order valence-corrected chi connectivity index (χ2v) is 11.4. The second kappa shape index (κ2) is 7.38. The smallest absolute Gasteiger partial charge is 0.180 e. The van der Waals surface area contributed by atoms with E-state index in [1.54, 1.807) is 6.33 Å². The molecule has 0 atom stereocenters. The zero-order valence-corrected chi connectivity index (χ0v) is 20.6. The first-order valence-electron chi connectivity index (χ1n) is 11.6. The largest absolute Gasteiger partial charge is 0.452 e. The number of pyridine rings is 1. The zero-order valence-electron chi connectivity index (χ0n) is 20.6. The van der Waals surface area contributed by atoms with Crippen molar-refractivity contribution in [2.45, 2.75) is 60.3 Å². The Morgan fingerprint density at radius 2 is 1.64 bits per heavy atom. The predicted molar refractivity (Wildman–Crippen MR) is 137 cm³/mol. The molecule has 0 spiro atoms. The molecule has 3 aromatic heterocycles. The van der Waals surface area contributed by atoms with Gasteiger partial charge in [0.25, 0.3) is 0 Å². The number of rotatable bonds is 2. The molecule has 3 heterocycles. The molecule has 0 bridgehead atoms. The third-order valence-corrected chi connectivity index (χ3v) is 6.06. The molecule has 0 aliphatic carbocycles. The highest BCUT2D eigenvalue weighted by Gasteiger charge is 2.22. The number of aromatic nitrogens is 3. The molecule has 0 saturated carbocycles. The quantitative estimate of drug-likeness (QED) is 0.283. The van der Waals surface area contributed by atoms with Crippen LogP contribution in [0.25, 0.3) is 44.2 Å². The topological polar surface area (TPSA) is 51.8 Å². The van der Waals surface area contributed by atoms with Crippen LogP contribution in [0.2, 0.25) is 0 Å². The van der Waals surface area contributed by atoms with E-state index in [-0.39, 0.29) is 10.8 Å². The standard InChI is InChI=1S/C29H31N3O/c1-17-8-10-19-13-20(14-22(24(19)32-17)29(5,6)7)25-27-26(31-16-30-25)21-11-9-18(12-23(21)33-27)15-28(2,3)4/h8-14,16H,15H2,1-7H3. The van der Waals surface area contributed by atoms with Gasteiger partial charge in [-0.15, -0.1) is 0 Å². The van der Waals surface area contributed by atoms with Crippen LogP contribution in [0.4, 0.5) is 0 Å². The van der Waals surface area contributed by atoms with Crippen molar-refractivity contribution in [3.63, 3.8) is 0 Å². The van der Waals surface area contributed by atoms with Crippen LogP contribution >= 0.6 is 0 Å². The van der Waals surface area contributed by atoms with Crippen molar-refractivity contribution < 1.29 is 4.42 Å². The maximum Gasteiger partial charge on any atom is 0.180 e. The van der Waals surface area contributed by atoms with Crippen LogP contribution in [0, 0.1) is 12.3 Å². The normalized spacial score (nSPS) is 12.8. The number of hydrogen-bond donors (Lipinski definition) is 0. The molecule has 0 N–H and O–H groups in total. The first-order chi connectivity index (χ1) is 15.5. The Labute approximate surface area is 195 Å². The molecule has 0 unspecified atom stereocenters. The van der Waals surface area contributed by atoms with Gasteiger partial charge < -0.3 is 4.42 Å². The van der Waals surface area contributed by atoms with E-state index in [1.165, 1.54) is 11.1 Å². The summed E-state index contributed by atoms with van der Waals surface area (Å²) in [5, 5.41) is 2.14. The summed E-state index contributed by atoms with van der Waals surface area (Å²) in [4.78, 5) is 14.1.